The van der Waals surface area contributed by atoms with Gasteiger partial charge in [0.25, 0.3) is 0 Å². The molecule has 0 amide bonds. The molecule has 1 N–H and O–H groups in total. The first-order valence-corrected chi connectivity index (χ1v) is 7.80. The summed E-state index contributed by atoms with van der Waals surface area (Å²) in [7, 11) is 0. The van der Waals surface area contributed by atoms with Gasteiger partial charge in [0.15, 0.2) is 0 Å². The molecule has 0 aliphatic carbocycles. The van der Waals surface area contributed by atoms with Crippen molar-refractivity contribution in [2.24, 2.45) is 0 Å². The lowest BCUT2D eigenvalue weighted by Crippen LogP contribution is -2.16. The highest BCUT2D eigenvalue weighted by Gasteiger charge is 2.17. The fraction of sp³-hybridized carbons (Fsp3) is 0.647. The van der Waals surface area contributed by atoms with E-state index in [1.54, 1.807) is 0 Å². The molecule has 0 fully saturated rings. The summed E-state index contributed by atoms with van der Waals surface area (Å²) < 4.78 is 4.85. The quantitative estimate of drug-likeness (QED) is 0.273. The number of ether oxygens (including phenoxy) is 1. The predicted molar refractivity (Wildman–Crippen MR) is 83.7 cm³/mol. The topological polar surface area (TPSA) is 63.6 Å². The molecule has 4 nitrogen and oxygen atoms in total. The van der Waals surface area contributed by atoms with Crippen LogP contribution in [0.25, 0.3) is 0 Å². The van der Waals surface area contributed by atoms with Crippen molar-refractivity contribution in [3.05, 3.63) is 23.8 Å². The Hall–Kier alpha value is -1.42. The zero-order valence-corrected chi connectivity index (χ0v) is 13.3. The van der Waals surface area contributed by atoms with Gasteiger partial charge in [0.1, 0.15) is 0 Å². The van der Waals surface area contributed by atoms with Crippen molar-refractivity contribution in [3.8, 4) is 0 Å². The lowest BCUT2D eigenvalue weighted by molar-refractivity contribution is -0.154. The minimum Gasteiger partial charge on any atom is -0.396 e. The van der Waals surface area contributed by atoms with Crippen molar-refractivity contribution in [2.75, 3.05) is 6.61 Å². The van der Waals surface area contributed by atoms with Crippen LogP contribution in [0.4, 0.5) is 0 Å². The Bertz CT molecular complexity index is 369. The van der Waals surface area contributed by atoms with E-state index in [1.807, 2.05) is 13.0 Å². The van der Waals surface area contributed by atoms with E-state index in [4.69, 9.17) is 9.84 Å². The molecule has 0 heterocycles. The van der Waals surface area contributed by atoms with Crippen molar-refractivity contribution in [3.63, 3.8) is 0 Å². The molecule has 0 aromatic carbocycles. The zero-order chi connectivity index (χ0) is 16.1. The Labute approximate surface area is 127 Å². The molecule has 0 saturated heterocycles. The molecule has 0 aromatic rings. The molecule has 0 aliphatic rings. The van der Waals surface area contributed by atoms with Gasteiger partial charge in [0, 0.05) is 17.8 Å². The number of aliphatic hydroxyl groups excluding tert-OH is 1. The first-order valence-electron chi connectivity index (χ1n) is 7.80. The van der Waals surface area contributed by atoms with Crippen LogP contribution in [0, 0.1) is 0 Å². The monoisotopic (exact) mass is 296 g/mol. The summed E-state index contributed by atoms with van der Waals surface area (Å²) in [5, 5.41) is 8.71. The van der Waals surface area contributed by atoms with Crippen molar-refractivity contribution >= 4 is 11.9 Å². The minimum absolute atomic E-state index is 0.0152. The molecule has 0 rings (SSSR count). The molecule has 0 atom stereocenters. The Kier molecular flexibility index (Phi) is 11.5. The minimum atomic E-state index is -0.691. The van der Waals surface area contributed by atoms with Gasteiger partial charge in [-0.15, -0.1) is 0 Å². The Balaban J connectivity index is 4.37. The fourth-order valence-electron chi connectivity index (χ4n) is 1.89. The van der Waals surface area contributed by atoms with E-state index in [0.29, 0.717) is 24.8 Å². The maximum Gasteiger partial charge on any atom is 0.341 e. The van der Waals surface area contributed by atoms with Crippen LogP contribution in [-0.2, 0) is 14.3 Å². The molecule has 0 saturated carbocycles. The number of aliphatic hydroxyl groups is 1. The lowest BCUT2D eigenvalue weighted by Gasteiger charge is -2.08. The first kappa shape index (κ1) is 19.6. The number of carbonyl (C=O) groups excluding carboxylic acids is 2. The lowest BCUT2D eigenvalue weighted by atomic mass is 10.1. The van der Waals surface area contributed by atoms with E-state index >= 15 is 0 Å². The van der Waals surface area contributed by atoms with Gasteiger partial charge in [-0.05, 0) is 32.1 Å². The molecule has 0 radical (unpaired) electrons. The zero-order valence-electron chi connectivity index (χ0n) is 13.3. The second-order valence-corrected chi connectivity index (χ2v) is 5.06. The van der Waals surface area contributed by atoms with Crippen LogP contribution in [0.1, 0.15) is 65.2 Å². The summed E-state index contributed by atoms with van der Waals surface area (Å²) >= 11 is 0. The number of esters is 2. The summed E-state index contributed by atoms with van der Waals surface area (Å²) in [6, 6.07) is 0. The van der Waals surface area contributed by atoms with Gasteiger partial charge in [-0.2, -0.15) is 0 Å². The predicted octanol–water partition coefficient (Wildman–Crippen LogP) is 3.69. The summed E-state index contributed by atoms with van der Waals surface area (Å²) in [4.78, 5) is 23.7. The van der Waals surface area contributed by atoms with Crippen LogP contribution >= 0.6 is 0 Å². The van der Waals surface area contributed by atoms with Crippen molar-refractivity contribution < 1.29 is 19.4 Å². The number of hydrogen-bond acceptors (Lipinski definition) is 4. The van der Waals surface area contributed by atoms with E-state index in [2.05, 4.69) is 13.5 Å². The third-order valence-corrected chi connectivity index (χ3v) is 3.12. The van der Waals surface area contributed by atoms with Crippen molar-refractivity contribution in [2.45, 2.75) is 65.2 Å². The van der Waals surface area contributed by atoms with Crippen LogP contribution in [0.3, 0.4) is 0 Å². The molecule has 0 aromatic heterocycles. The van der Waals surface area contributed by atoms with Crippen LogP contribution in [0.15, 0.2) is 23.8 Å². The van der Waals surface area contributed by atoms with Gasteiger partial charge in [-0.25, -0.2) is 9.59 Å². The maximum atomic E-state index is 12.0. The van der Waals surface area contributed by atoms with Crippen LogP contribution in [0.5, 0.6) is 0 Å². The highest BCUT2D eigenvalue weighted by atomic mass is 16.6. The van der Waals surface area contributed by atoms with Gasteiger partial charge in [0.2, 0.25) is 0 Å². The third-order valence-electron chi connectivity index (χ3n) is 3.12. The molecular formula is C17H28O4. The van der Waals surface area contributed by atoms with Crippen molar-refractivity contribution in [1.82, 2.24) is 0 Å². The van der Waals surface area contributed by atoms with Gasteiger partial charge in [-0.3, -0.25) is 0 Å². The van der Waals surface area contributed by atoms with E-state index in [9.17, 15) is 9.59 Å². The normalized spacial score (nSPS) is 11.3. The standard InChI is InChI=1S/C17H28O4/c1-4-6-7-8-12-15(10-5-2)17(20)21-16(19)14(3)11-9-13-18/h10,18H,3-9,11-13H2,1-2H3. The summed E-state index contributed by atoms with van der Waals surface area (Å²) in [6.07, 6.45) is 8.25. The molecule has 0 unspecified atom stereocenters. The summed E-state index contributed by atoms with van der Waals surface area (Å²) in [5.74, 6) is -1.26. The van der Waals surface area contributed by atoms with Gasteiger partial charge in [0.05, 0.1) is 0 Å². The highest BCUT2D eigenvalue weighted by Crippen LogP contribution is 2.14. The second-order valence-electron chi connectivity index (χ2n) is 5.06. The Morgan fingerprint density at radius 1 is 1.05 bits per heavy atom. The van der Waals surface area contributed by atoms with Gasteiger partial charge >= 0.3 is 11.9 Å². The number of rotatable bonds is 11. The third kappa shape index (κ3) is 9.19. The Morgan fingerprint density at radius 2 is 1.76 bits per heavy atom. The van der Waals surface area contributed by atoms with Gasteiger partial charge in [-0.1, -0.05) is 45.8 Å². The molecule has 0 bridgehead atoms. The maximum absolute atomic E-state index is 12.0. The molecule has 0 aliphatic heterocycles. The fourth-order valence-corrected chi connectivity index (χ4v) is 1.89. The molecule has 120 valence electrons. The molecular weight excluding hydrogens is 268 g/mol. The van der Waals surface area contributed by atoms with E-state index in [-0.39, 0.29) is 12.2 Å². The second kappa shape index (κ2) is 12.3. The van der Waals surface area contributed by atoms with E-state index in [0.717, 1.165) is 32.1 Å². The van der Waals surface area contributed by atoms with Crippen LogP contribution in [0.2, 0.25) is 0 Å². The number of hydrogen-bond donors (Lipinski definition) is 1. The largest absolute Gasteiger partial charge is 0.396 e. The summed E-state index contributed by atoms with van der Waals surface area (Å²) in [6.45, 7) is 7.64. The average molecular weight is 296 g/mol. The molecule has 0 spiro atoms. The Morgan fingerprint density at radius 3 is 2.33 bits per heavy atom. The van der Waals surface area contributed by atoms with Crippen LogP contribution < -0.4 is 0 Å². The summed E-state index contributed by atoms with van der Waals surface area (Å²) in [5.41, 5.74) is 0.788. The molecule has 4 heteroatoms. The molecule has 21 heavy (non-hydrogen) atoms. The highest BCUT2D eigenvalue weighted by molar-refractivity contribution is 6.01. The van der Waals surface area contributed by atoms with E-state index < -0.39 is 11.9 Å². The first-order chi connectivity index (χ1) is 10.1. The van der Waals surface area contributed by atoms with Gasteiger partial charge < -0.3 is 9.84 Å². The number of unbranched alkanes of at least 4 members (excludes halogenated alkanes) is 3. The smallest absolute Gasteiger partial charge is 0.341 e. The van der Waals surface area contributed by atoms with Crippen molar-refractivity contribution in [1.29, 1.82) is 0 Å². The van der Waals surface area contributed by atoms with E-state index in [1.165, 1.54) is 0 Å². The number of allylic oxidation sites excluding steroid dienone is 1. The number of carbonyl (C=O) groups is 2. The SMILES string of the molecule is C=C(CCCO)C(=O)OC(=O)C(=CCC)CCCCCC. The average Bonchev–Trinajstić information content (AvgIpc) is 2.47. The van der Waals surface area contributed by atoms with Crippen LogP contribution in [-0.4, -0.2) is 23.7 Å².